The molecule has 27 heavy (non-hydrogen) atoms. The monoisotopic (exact) mass is 396 g/mol. The number of ether oxygens (including phenoxy) is 2. The quantitative estimate of drug-likeness (QED) is 0.533. The van der Waals surface area contributed by atoms with Crippen molar-refractivity contribution in [3.05, 3.63) is 0 Å². The van der Waals surface area contributed by atoms with E-state index in [4.69, 9.17) is 4.74 Å². The molecule has 160 valence electrons. The van der Waals surface area contributed by atoms with E-state index in [0.717, 1.165) is 30.6 Å². The molecular weight excluding hydrogens is 360 g/mol. The Balaban J connectivity index is 0.000000208. The molecule has 3 aliphatic carbocycles. The van der Waals surface area contributed by atoms with Gasteiger partial charge in [-0.15, -0.1) is 0 Å². The fourth-order valence-electron chi connectivity index (χ4n) is 4.87. The van der Waals surface area contributed by atoms with E-state index in [2.05, 4.69) is 11.7 Å². The van der Waals surface area contributed by atoms with E-state index < -0.39 is 31.5 Å². The molecule has 0 saturated heterocycles. The van der Waals surface area contributed by atoms with E-state index in [0.29, 0.717) is 0 Å². The minimum Gasteiger partial charge on any atom is -0.378 e. The summed E-state index contributed by atoms with van der Waals surface area (Å²) in [6.45, 7) is 1.78. The van der Waals surface area contributed by atoms with Crippen LogP contribution in [0.5, 0.6) is 0 Å². The fourth-order valence-corrected chi connectivity index (χ4v) is 4.87. The Morgan fingerprint density at radius 1 is 0.741 bits per heavy atom. The number of halogens is 4. The van der Waals surface area contributed by atoms with E-state index in [1.807, 2.05) is 0 Å². The van der Waals surface area contributed by atoms with Gasteiger partial charge in [-0.05, 0) is 69.1 Å². The van der Waals surface area contributed by atoms with Gasteiger partial charge in [0.1, 0.15) is 6.17 Å². The van der Waals surface area contributed by atoms with Gasteiger partial charge in [-0.25, -0.2) is 17.6 Å². The third-order valence-corrected chi connectivity index (χ3v) is 6.78. The first-order valence-electron chi connectivity index (χ1n) is 10.6. The molecule has 3 rings (SSSR count). The molecule has 0 aromatic carbocycles. The smallest absolute Gasteiger partial charge is 0.188 e. The van der Waals surface area contributed by atoms with Gasteiger partial charge in [0.2, 0.25) is 0 Å². The molecule has 0 aliphatic heterocycles. The zero-order chi connectivity index (χ0) is 19.8. The van der Waals surface area contributed by atoms with Crippen LogP contribution in [0.25, 0.3) is 0 Å². The van der Waals surface area contributed by atoms with Gasteiger partial charge >= 0.3 is 0 Å². The maximum atomic E-state index is 12.8. The Labute approximate surface area is 161 Å². The summed E-state index contributed by atoms with van der Waals surface area (Å²) < 4.78 is 59.6. The molecule has 3 saturated carbocycles. The van der Waals surface area contributed by atoms with E-state index in [9.17, 15) is 17.6 Å². The van der Waals surface area contributed by atoms with E-state index in [1.165, 1.54) is 45.6 Å². The Morgan fingerprint density at radius 2 is 1.30 bits per heavy atom. The van der Waals surface area contributed by atoms with Crippen molar-refractivity contribution < 1.29 is 27.0 Å². The molecule has 0 N–H and O–H groups in total. The van der Waals surface area contributed by atoms with Gasteiger partial charge in [-0.3, -0.25) is 0 Å². The highest BCUT2D eigenvalue weighted by atomic mass is 19.2. The lowest BCUT2D eigenvalue weighted by atomic mass is 9.71. The highest BCUT2D eigenvalue weighted by Gasteiger charge is 2.40. The number of hydrogen-bond donors (Lipinski definition) is 0. The minimum atomic E-state index is -2.01. The summed E-state index contributed by atoms with van der Waals surface area (Å²) in [5, 5.41) is 0. The van der Waals surface area contributed by atoms with Crippen LogP contribution in [-0.2, 0) is 9.47 Å². The molecule has 4 unspecified atom stereocenters. The maximum Gasteiger partial charge on any atom is 0.188 e. The Hall–Kier alpha value is -0.360. The maximum absolute atomic E-state index is 12.8. The van der Waals surface area contributed by atoms with Crippen molar-refractivity contribution in [2.45, 2.75) is 102 Å². The average molecular weight is 397 g/mol. The van der Waals surface area contributed by atoms with Gasteiger partial charge in [0.25, 0.3) is 0 Å². The van der Waals surface area contributed by atoms with Crippen LogP contribution in [0, 0.1) is 17.8 Å². The lowest BCUT2D eigenvalue weighted by molar-refractivity contribution is -0.0626. The SMILES string of the molecule is CC1CCC(C2CCC(OCF)CC2)CC1.COC1CCC(F)C(F)C1F. The minimum absolute atomic E-state index is 0.0556. The first-order valence-corrected chi connectivity index (χ1v) is 10.6. The molecule has 4 atom stereocenters. The second-order valence-electron chi connectivity index (χ2n) is 8.59. The Bertz CT molecular complexity index is 394. The van der Waals surface area contributed by atoms with Gasteiger partial charge in [0.15, 0.2) is 19.2 Å². The van der Waals surface area contributed by atoms with Gasteiger partial charge in [0.05, 0.1) is 12.2 Å². The van der Waals surface area contributed by atoms with E-state index >= 15 is 0 Å². The van der Waals surface area contributed by atoms with Crippen molar-refractivity contribution in [3.8, 4) is 0 Å². The molecule has 6 heteroatoms. The lowest BCUT2D eigenvalue weighted by Gasteiger charge is -2.36. The van der Waals surface area contributed by atoms with Crippen LogP contribution in [0.1, 0.15) is 71.1 Å². The van der Waals surface area contributed by atoms with Gasteiger partial charge in [-0.1, -0.05) is 19.8 Å². The van der Waals surface area contributed by atoms with Crippen LogP contribution < -0.4 is 0 Å². The Morgan fingerprint density at radius 3 is 1.81 bits per heavy atom. The molecule has 3 fully saturated rings. The largest absolute Gasteiger partial charge is 0.378 e. The van der Waals surface area contributed by atoms with Gasteiger partial charge in [-0.2, -0.15) is 0 Å². The standard InChI is InChI=1S/C14H25FO.C7H11F3O/c1-11-2-4-12(5-3-11)13-6-8-14(9-7-13)16-10-15;1-11-5-3-2-4(8)6(9)7(5)10/h11-14H,2-10H2,1H3;4-7H,2-3H2,1H3. The molecule has 0 amide bonds. The zero-order valence-electron chi connectivity index (χ0n) is 16.7. The molecule has 0 spiro atoms. The van der Waals surface area contributed by atoms with Gasteiger partial charge in [0, 0.05) is 7.11 Å². The summed E-state index contributed by atoms with van der Waals surface area (Å²) in [5.41, 5.74) is 0. The normalized spacial score (nSPS) is 42.9. The summed E-state index contributed by atoms with van der Waals surface area (Å²) >= 11 is 0. The van der Waals surface area contributed by atoms with Crippen LogP contribution in [0.2, 0.25) is 0 Å². The van der Waals surface area contributed by atoms with Crippen LogP contribution >= 0.6 is 0 Å². The number of methoxy groups -OCH3 is 1. The lowest BCUT2D eigenvalue weighted by Crippen LogP contribution is -2.43. The zero-order valence-corrected chi connectivity index (χ0v) is 16.7. The van der Waals surface area contributed by atoms with Crippen LogP contribution in [0.15, 0.2) is 0 Å². The van der Waals surface area contributed by atoms with Crippen LogP contribution in [-0.4, -0.2) is 44.7 Å². The molecular formula is C21H36F4O2. The highest BCUT2D eigenvalue weighted by molar-refractivity contribution is 4.88. The Kier molecular flexibility index (Phi) is 9.85. The number of rotatable bonds is 4. The number of hydrogen-bond acceptors (Lipinski definition) is 2. The summed E-state index contributed by atoms with van der Waals surface area (Å²) in [7, 11) is 1.31. The molecule has 0 aromatic heterocycles. The van der Waals surface area contributed by atoms with Crippen molar-refractivity contribution in [2.24, 2.45) is 17.8 Å². The molecule has 0 radical (unpaired) electrons. The van der Waals surface area contributed by atoms with Crippen molar-refractivity contribution in [1.82, 2.24) is 0 Å². The second-order valence-corrected chi connectivity index (χ2v) is 8.59. The summed E-state index contributed by atoms with van der Waals surface area (Å²) in [5.74, 6) is 2.82. The van der Waals surface area contributed by atoms with E-state index in [-0.39, 0.29) is 18.9 Å². The van der Waals surface area contributed by atoms with E-state index in [1.54, 1.807) is 0 Å². The summed E-state index contributed by atoms with van der Waals surface area (Å²) in [6, 6.07) is 0. The molecule has 0 aromatic rings. The first kappa shape index (κ1) is 22.9. The first-order chi connectivity index (χ1) is 13.0. The summed E-state index contributed by atoms with van der Waals surface area (Å²) in [4.78, 5) is 0. The van der Waals surface area contributed by atoms with Crippen LogP contribution in [0.4, 0.5) is 17.6 Å². The molecule has 0 heterocycles. The van der Waals surface area contributed by atoms with Crippen LogP contribution in [0.3, 0.4) is 0 Å². The molecule has 2 nitrogen and oxygen atoms in total. The fraction of sp³-hybridized carbons (Fsp3) is 1.00. The number of alkyl halides is 4. The predicted octanol–water partition coefficient (Wildman–Crippen LogP) is 6.12. The second kappa shape index (κ2) is 11.6. The summed E-state index contributed by atoms with van der Waals surface area (Å²) in [6.07, 6.45) is 4.71. The third-order valence-electron chi connectivity index (χ3n) is 6.78. The molecule has 3 aliphatic rings. The topological polar surface area (TPSA) is 18.5 Å². The predicted molar refractivity (Wildman–Crippen MR) is 98.6 cm³/mol. The van der Waals surface area contributed by atoms with Crippen molar-refractivity contribution >= 4 is 0 Å². The van der Waals surface area contributed by atoms with Crippen molar-refractivity contribution in [2.75, 3.05) is 14.0 Å². The average Bonchev–Trinajstić information content (AvgIpc) is 2.68. The van der Waals surface area contributed by atoms with Crippen molar-refractivity contribution in [1.29, 1.82) is 0 Å². The molecule has 0 bridgehead atoms. The highest BCUT2D eigenvalue weighted by Crippen LogP contribution is 2.40. The van der Waals surface area contributed by atoms with Crippen molar-refractivity contribution in [3.63, 3.8) is 0 Å². The third kappa shape index (κ3) is 6.88. The van der Waals surface area contributed by atoms with Gasteiger partial charge < -0.3 is 9.47 Å².